The molecule has 0 spiro atoms. The van der Waals surface area contributed by atoms with E-state index in [1.807, 2.05) is 0 Å². The fourth-order valence-corrected chi connectivity index (χ4v) is 6.80. The van der Waals surface area contributed by atoms with E-state index in [1.165, 1.54) is 148 Å². The number of hydrogen-bond donors (Lipinski definition) is 0. The van der Waals surface area contributed by atoms with Crippen molar-refractivity contribution in [2.75, 3.05) is 13.2 Å². The van der Waals surface area contributed by atoms with Crippen molar-refractivity contribution in [3.05, 3.63) is 0 Å². The molecule has 0 rings (SSSR count). The SMILES string of the molecule is CCCCCCCCCCCC(=O)O[C@@H](COC(=O)CCCCCCCCC)COC(=O)CCCCCCCCCCCCCCCCCC(C)C. The molecular formula is C46H88O6. The van der Waals surface area contributed by atoms with Gasteiger partial charge in [0.1, 0.15) is 13.2 Å². The van der Waals surface area contributed by atoms with Crippen LogP contribution < -0.4 is 0 Å². The summed E-state index contributed by atoms with van der Waals surface area (Å²) in [5.74, 6) is -0.0136. The van der Waals surface area contributed by atoms with Gasteiger partial charge in [-0.15, -0.1) is 0 Å². The Bertz CT molecular complexity index is 781. The molecule has 0 unspecified atom stereocenters. The van der Waals surface area contributed by atoms with Crippen LogP contribution in [0.25, 0.3) is 0 Å². The first kappa shape index (κ1) is 50.4. The Morgan fingerprint density at radius 1 is 0.365 bits per heavy atom. The highest BCUT2D eigenvalue weighted by molar-refractivity contribution is 5.71. The van der Waals surface area contributed by atoms with Gasteiger partial charge in [-0.2, -0.15) is 0 Å². The minimum Gasteiger partial charge on any atom is -0.462 e. The third-order valence-corrected chi connectivity index (χ3v) is 10.3. The maximum Gasteiger partial charge on any atom is 0.306 e. The number of hydrogen-bond acceptors (Lipinski definition) is 6. The molecule has 0 radical (unpaired) electrons. The fourth-order valence-electron chi connectivity index (χ4n) is 6.80. The molecule has 0 saturated carbocycles. The van der Waals surface area contributed by atoms with E-state index in [4.69, 9.17) is 14.2 Å². The molecule has 6 nitrogen and oxygen atoms in total. The van der Waals surface area contributed by atoms with E-state index >= 15 is 0 Å². The third kappa shape index (κ3) is 39.6. The molecule has 0 saturated heterocycles. The van der Waals surface area contributed by atoms with E-state index in [0.29, 0.717) is 19.3 Å². The number of ether oxygens (including phenoxy) is 3. The summed E-state index contributed by atoms with van der Waals surface area (Å²) in [7, 11) is 0. The Labute approximate surface area is 323 Å². The van der Waals surface area contributed by atoms with Gasteiger partial charge < -0.3 is 14.2 Å². The van der Waals surface area contributed by atoms with Crippen molar-refractivity contribution in [2.24, 2.45) is 5.92 Å². The molecule has 0 amide bonds. The number of carbonyl (C=O) groups excluding carboxylic acids is 3. The zero-order valence-corrected chi connectivity index (χ0v) is 35.3. The summed E-state index contributed by atoms with van der Waals surface area (Å²) >= 11 is 0. The van der Waals surface area contributed by atoms with Crippen LogP contribution in [0.1, 0.15) is 252 Å². The van der Waals surface area contributed by atoms with Gasteiger partial charge in [-0.05, 0) is 25.2 Å². The van der Waals surface area contributed by atoms with Crippen LogP contribution >= 0.6 is 0 Å². The zero-order valence-electron chi connectivity index (χ0n) is 35.3. The van der Waals surface area contributed by atoms with Crippen LogP contribution in [-0.4, -0.2) is 37.2 Å². The minimum atomic E-state index is -0.757. The predicted molar refractivity (Wildman–Crippen MR) is 220 cm³/mol. The van der Waals surface area contributed by atoms with Gasteiger partial charge in [0.15, 0.2) is 6.10 Å². The van der Waals surface area contributed by atoms with E-state index < -0.39 is 6.10 Å². The van der Waals surface area contributed by atoms with E-state index in [2.05, 4.69) is 27.7 Å². The molecule has 0 aromatic rings. The van der Waals surface area contributed by atoms with Crippen LogP contribution in [0.5, 0.6) is 0 Å². The van der Waals surface area contributed by atoms with E-state index in [0.717, 1.165) is 63.7 Å². The standard InChI is InChI=1S/C46H88O6/c1-5-7-9-11-13-21-27-31-35-39-46(49)52-43(40-50-44(47)37-33-29-24-12-10-8-6-2)41-51-45(48)38-34-30-26-23-20-18-16-14-15-17-19-22-25-28-32-36-42(3)4/h42-43H,5-41H2,1-4H3/t43-/m0/s1. The molecule has 0 aromatic heterocycles. The van der Waals surface area contributed by atoms with Crippen LogP contribution in [-0.2, 0) is 28.6 Å². The van der Waals surface area contributed by atoms with Gasteiger partial charge in [0, 0.05) is 19.3 Å². The Kier molecular flexibility index (Phi) is 39.4. The van der Waals surface area contributed by atoms with Crippen molar-refractivity contribution in [2.45, 2.75) is 259 Å². The van der Waals surface area contributed by atoms with Gasteiger partial charge in [0.25, 0.3) is 0 Å². The van der Waals surface area contributed by atoms with Gasteiger partial charge in [-0.3, -0.25) is 14.4 Å². The van der Waals surface area contributed by atoms with Crippen molar-refractivity contribution in [1.82, 2.24) is 0 Å². The molecule has 0 aliphatic carbocycles. The first-order valence-corrected chi connectivity index (χ1v) is 22.9. The third-order valence-electron chi connectivity index (χ3n) is 10.3. The lowest BCUT2D eigenvalue weighted by molar-refractivity contribution is -0.167. The molecular weight excluding hydrogens is 649 g/mol. The largest absolute Gasteiger partial charge is 0.462 e. The predicted octanol–water partition coefficient (Wildman–Crippen LogP) is 14.3. The number of carbonyl (C=O) groups is 3. The van der Waals surface area contributed by atoms with Crippen LogP contribution in [0.4, 0.5) is 0 Å². The Balaban J connectivity index is 4.16. The maximum atomic E-state index is 12.6. The fraction of sp³-hybridized carbons (Fsp3) is 0.935. The monoisotopic (exact) mass is 737 g/mol. The van der Waals surface area contributed by atoms with Gasteiger partial charge >= 0.3 is 17.9 Å². The van der Waals surface area contributed by atoms with Crippen LogP contribution in [0.15, 0.2) is 0 Å². The summed E-state index contributed by atoms with van der Waals surface area (Å²) in [5, 5.41) is 0. The smallest absolute Gasteiger partial charge is 0.306 e. The zero-order chi connectivity index (χ0) is 38.2. The van der Waals surface area contributed by atoms with E-state index in [-0.39, 0.29) is 31.1 Å². The maximum absolute atomic E-state index is 12.6. The summed E-state index contributed by atoms with van der Waals surface area (Å²) in [6.45, 7) is 8.95. The van der Waals surface area contributed by atoms with Crippen molar-refractivity contribution < 1.29 is 28.6 Å². The normalized spacial score (nSPS) is 11.9. The second-order valence-electron chi connectivity index (χ2n) is 16.2. The van der Waals surface area contributed by atoms with Crippen molar-refractivity contribution in [3.63, 3.8) is 0 Å². The number of unbranched alkanes of at least 4 members (excludes halogenated alkanes) is 28. The van der Waals surface area contributed by atoms with Crippen molar-refractivity contribution >= 4 is 17.9 Å². The molecule has 0 fully saturated rings. The summed E-state index contributed by atoms with van der Waals surface area (Å²) in [4.78, 5) is 37.5. The highest BCUT2D eigenvalue weighted by Crippen LogP contribution is 2.16. The highest BCUT2D eigenvalue weighted by Gasteiger charge is 2.19. The average molecular weight is 737 g/mol. The van der Waals surface area contributed by atoms with Crippen molar-refractivity contribution in [1.29, 1.82) is 0 Å². The second kappa shape index (κ2) is 40.6. The van der Waals surface area contributed by atoms with Crippen LogP contribution in [0, 0.1) is 5.92 Å². The van der Waals surface area contributed by atoms with Gasteiger partial charge in [-0.25, -0.2) is 0 Å². The highest BCUT2D eigenvalue weighted by atomic mass is 16.6. The Hall–Kier alpha value is -1.59. The minimum absolute atomic E-state index is 0.0641. The second-order valence-corrected chi connectivity index (χ2v) is 16.2. The molecule has 0 bridgehead atoms. The van der Waals surface area contributed by atoms with Crippen LogP contribution in [0.3, 0.4) is 0 Å². The summed E-state index contributed by atoms with van der Waals surface area (Å²) in [5.41, 5.74) is 0. The summed E-state index contributed by atoms with van der Waals surface area (Å²) in [6, 6.07) is 0. The molecule has 308 valence electrons. The molecule has 0 aromatic carbocycles. The lowest BCUT2D eigenvalue weighted by Gasteiger charge is -2.18. The van der Waals surface area contributed by atoms with E-state index in [9.17, 15) is 14.4 Å². The molecule has 52 heavy (non-hydrogen) atoms. The summed E-state index contributed by atoms with van der Waals surface area (Å²) in [6.07, 6.45) is 39.6. The topological polar surface area (TPSA) is 78.9 Å². The average Bonchev–Trinajstić information content (AvgIpc) is 3.12. The van der Waals surface area contributed by atoms with Gasteiger partial charge in [0.2, 0.25) is 0 Å². The Morgan fingerprint density at radius 3 is 0.942 bits per heavy atom. The molecule has 0 N–H and O–H groups in total. The first-order chi connectivity index (χ1) is 25.4. The molecule has 0 aliphatic heterocycles. The number of esters is 3. The molecule has 0 heterocycles. The lowest BCUT2D eigenvalue weighted by atomic mass is 10.0. The van der Waals surface area contributed by atoms with Gasteiger partial charge in [-0.1, -0.05) is 214 Å². The van der Waals surface area contributed by atoms with Crippen molar-refractivity contribution in [3.8, 4) is 0 Å². The Morgan fingerprint density at radius 2 is 0.635 bits per heavy atom. The molecule has 1 atom stereocenters. The molecule has 6 heteroatoms. The lowest BCUT2D eigenvalue weighted by Crippen LogP contribution is -2.30. The van der Waals surface area contributed by atoms with E-state index in [1.54, 1.807) is 0 Å². The number of rotatable bonds is 41. The van der Waals surface area contributed by atoms with Gasteiger partial charge in [0.05, 0.1) is 0 Å². The quantitative estimate of drug-likeness (QED) is 0.0353. The first-order valence-electron chi connectivity index (χ1n) is 22.9. The molecule has 0 aliphatic rings. The van der Waals surface area contributed by atoms with Crippen LogP contribution in [0.2, 0.25) is 0 Å². The summed E-state index contributed by atoms with van der Waals surface area (Å²) < 4.78 is 16.6.